The van der Waals surface area contributed by atoms with Gasteiger partial charge in [-0.1, -0.05) is 6.92 Å². The summed E-state index contributed by atoms with van der Waals surface area (Å²) < 4.78 is 2.26. The Hall–Kier alpha value is -1.85. The molecule has 1 atom stereocenters. The van der Waals surface area contributed by atoms with Crippen molar-refractivity contribution < 1.29 is 4.79 Å². The van der Waals surface area contributed by atoms with Crippen molar-refractivity contribution in [3.8, 4) is 0 Å². The first-order valence-corrected chi connectivity index (χ1v) is 7.05. The molecule has 20 heavy (non-hydrogen) atoms. The first kappa shape index (κ1) is 14.6. The van der Waals surface area contributed by atoms with E-state index in [1.807, 2.05) is 0 Å². The Bertz CT molecular complexity index is 630. The minimum Gasteiger partial charge on any atom is -0.335 e. The molecule has 0 aromatic carbocycles. The summed E-state index contributed by atoms with van der Waals surface area (Å²) in [5.41, 5.74) is -0.856. The number of piperidine rings is 1. The summed E-state index contributed by atoms with van der Waals surface area (Å²) in [6, 6.07) is 0.193. The third-order valence-corrected chi connectivity index (χ3v) is 4.04. The molecule has 2 rings (SSSR count). The fraction of sp³-hybridized carbons (Fsp3) is 0.643. The number of carbonyl (C=O) groups excluding carboxylic acids is 1. The van der Waals surface area contributed by atoms with Gasteiger partial charge in [-0.3, -0.25) is 14.2 Å². The van der Waals surface area contributed by atoms with Crippen LogP contribution in [0, 0.1) is 0 Å². The molecule has 1 unspecified atom stereocenters. The van der Waals surface area contributed by atoms with Gasteiger partial charge in [0.05, 0.1) is 0 Å². The highest BCUT2D eigenvalue weighted by Crippen LogP contribution is 2.20. The van der Waals surface area contributed by atoms with Gasteiger partial charge in [-0.15, -0.1) is 0 Å². The first-order valence-electron chi connectivity index (χ1n) is 7.05. The summed E-state index contributed by atoms with van der Waals surface area (Å²) in [6.45, 7) is 2.73. The number of amides is 1. The van der Waals surface area contributed by atoms with Crippen molar-refractivity contribution in [2.45, 2.75) is 38.6 Å². The lowest BCUT2D eigenvalue weighted by Crippen LogP contribution is -2.47. The molecule has 2 heterocycles. The number of aromatic nitrogens is 2. The molecule has 1 saturated heterocycles. The van der Waals surface area contributed by atoms with Gasteiger partial charge in [-0.05, 0) is 25.7 Å². The van der Waals surface area contributed by atoms with Gasteiger partial charge in [0, 0.05) is 32.9 Å². The third-order valence-electron chi connectivity index (χ3n) is 4.04. The second-order valence-electron chi connectivity index (χ2n) is 5.36. The predicted octanol–water partition coefficient (Wildman–Crippen LogP) is 0.489. The molecule has 1 amide bonds. The van der Waals surface area contributed by atoms with E-state index in [0.29, 0.717) is 6.54 Å². The Morgan fingerprint density at radius 3 is 2.65 bits per heavy atom. The van der Waals surface area contributed by atoms with Gasteiger partial charge in [-0.25, -0.2) is 4.79 Å². The van der Waals surface area contributed by atoms with Gasteiger partial charge in [0.2, 0.25) is 0 Å². The summed E-state index contributed by atoms with van der Waals surface area (Å²) in [5.74, 6) is -0.257. The second-order valence-corrected chi connectivity index (χ2v) is 5.36. The summed E-state index contributed by atoms with van der Waals surface area (Å²) in [5, 5.41) is 0. The second kappa shape index (κ2) is 5.64. The van der Waals surface area contributed by atoms with Crippen LogP contribution >= 0.6 is 0 Å². The quantitative estimate of drug-likeness (QED) is 0.791. The van der Waals surface area contributed by atoms with Crippen LogP contribution in [0.2, 0.25) is 0 Å². The molecule has 6 heteroatoms. The number of nitrogens with zero attached hydrogens (tertiary/aromatic N) is 3. The molecule has 0 radical (unpaired) electrons. The smallest absolute Gasteiger partial charge is 0.330 e. The highest BCUT2D eigenvalue weighted by Gasteiger charge is 2.28. The van der Waals surface area contributed by atoms with Crippen LogP contribution in [-0.4, -0.2) is 32.5 Å². The van der Waals surface area contributed by atoms with Gasteiger partial charge < -0.3 is 9.47 Å². The zero-order chi connectivity index (χ0) is 14.9. The molecule has 1 aromatic heterocycles. The van der Waals surface area contributed by atoms with Crippen molar-refractivity contribution in [2.24, 2.45) is 14.1 Å². The predicted molar refractivity (Wildman–Crippen MR) is 75.9 cm³/mol. The Labute approximate surface area is 117 Å². The van der Waals surface area contributed by atoms with Crippen LogP contribution in [0.1, 0.15) is 43.0 Å². The van der Waals surface area contributed by atoms with E-state index in [4.69, 9.17) is 0 Å². The average molecular weight is 279 g/mol. The van der Waals surface area contributed by atoms with Crippen molar-refractivity contribution in [3.63, 3.8) is 0 Å². The highest BCUT2D eigenvalue weighted by molar-refractivity contribution is 5.93. The monoisotopic (exact) mass is 279 g/mol. The summed E-state index contributed by atoms with van der Waals surface area (Å²) >= 11 is 0. The topological polar surface area (TPSA) is 64.3 Å². The van der Waals surface area contributed by atoms with Gasteiger partial charge in [0.1, 0.15) is 5.56 Å². The fourth-order valence-electron chi connectivity index (χ4n) is 2.80. The van der Waals surface area contributed by atoms with E-state index in [-0.39, 0.29) is 17.5 Å². The maximum atomic E-state index is 12.6. The maximum Gasteiger partial charge on any atom is 0.330 e. The lowest BCUT2D eigenvalue weighted by molar-refractivity contribution is 0.0604. The van der Waals surface area contributed by atoms with Crippen molar-refractivity contribution >= 4 is 5.91 Å². The molecule has 1 fully saturated rings. The molecule has 0 bridgehead atoms. The molecule has 1 aliphatic heterocycles. The lowest BCUT2D eigenvalue weighted by Gasteiger charge is -2.35. The van der Waals surface area contributed by atoms with Crippen LogP contribution in [0.15, 0.2) is 15.8 Å². The van der Waals surface area contributed by atoms with E-state index in [2.05, 4.69) is 6.92 Å². The average Bonchev–Trinajstić information content (AvgIpc) is 2.48. The Kier molecular flexibility index (Phi) is 4.11. The van der Waals surface area contributed by atoms with Crippen LogP contribution in [0.3, 0.4) is 0 Å². The Morgan fingerprint density at radius 2 is 2.00 bits per heavy atom. The van der Waals surface area contributed by atoms with Crippen molar-refractivity contribution in [3.05, 3.63) is 32.6 Å². The van der Waals surface area contributed by atoms with Crippen LogP contribution < -0.4 is 11.2 Å². The molecule has 0 aliphatic carbocycles. The van der Waals surface area contributed by atoms with Gasteiger partial charge in [0.15, 0.2) is 0 Å². The molecular formula is C14H21N3O3. The minimum atomic E-state index is -0.515. The molecule has 1 aromatic rings. The molecule has 0 spiro atoms. The lowest BCUT2D eigenvalue weighted by atomic mass is 9.99. The third kappa shape index (κ3) is 2.42. The van der Waals surface area contributed by atoms with E-state index >= 15 is 0 Å². The van der Waals surface area contributed by atoms with Crippen LogP contribution in [0.5, 0.6) is 0 Å². The van der Waals surface area contributed by atoms with Crippen LogP contribution in [0.25, 0.3) is 0 Å². The molecule has 6 nitrogen and oxygen atoms in total. The molecule has 0 N–H and O–H groups in total. The van der Waals surface area contributed by atoms with E-state index in [1.54, 1.807) is 11.9 Å². The van der Waals surface area contributed by atoms with Gasteiger partial charge in [0.25, 0.3) is 11.5 Å². The number of aryl methyl sites for hydroxylation is 1. The molecule has 0 saturated carbocycles. The molecular weight excluding hydrogens is 258 g/mol. The summed E-state index contributed by atoms with van der Waals surface area (Å²) in [7, 11) is 2.95. The minimum absolute atomic E-state index is 0.0787. The summed E-state index contributed by atoms with van der Waals surface area (Å²) in [6.07, 6.45) is 5.31. The Balaban J connectivity index is 2.43. The molecule has 110 valence electrons. The van der Waals surface area contributed by atoms with Gasteiger partial charge in [-0.2, -0.15) is 0 Å². The summed E-state index contributed by atoms with van der Waals surface area (Å²) in [4.78, 5) is 38.2. The van der Waals surface area contributed by atoms with Gasteiger partial charge >= 0.3 is 5.69 Å². The van der Waals surface area contributed by atoms with Crippen LogP contribution in [0.4, 0.5) is 0 Å². The molecule has 1 aliphatic rings. The maximum absolute atomic E-state index is 12.6. The van der Waals surface area contributed by atoms with E-state index in [1.165, 1.54) is 17.8 Å². The highest BCUT2D eigenvalue weighted by atomic mass is 16.2. The number of hydrogen-bond acceptors (Lipinski definition) is 3. The number of rotatable bonds is 2. The van der Waals surface area contributed by atoms with Crippen molar-refractivity contribution in [1.82, 2.24) is 14.0 Å². The van der Waals surface area contributed by atoms with E-state index in [9.17, 15) is 14.4 Å². The van der Waals surface area contributed by atoms with Crippen molar-refractivity contribution in [2.75, 3.05) is 6.54 Å². The zero-order valence-electron chi connectivity index (χ0n) is 12.3. The SMILES string of the molecule is CCC1CCCCN1C(=O)c1cn(C)c(=O)n(C)c1=O. The van der Waals surface area contributed by atoms with Crippen LogP contribution in [-0.2, 0) is 14.1 Å². The number of likely N-dealkylation sites (tertiary alicyclic amines) is 1. The Morgan fingerprint density at radius 1 is 1.30 bits per heavy atom. The zero-order valence-corrected chi connectivity index (χ0v) is 12.3. The van der Waals surface area contributed by atoms with E-state index < -0.39 is 11.2 Å². The number of hydrogen-bond donors (Lipinski definition) is 0. The fourth-order valence-corrected chi connectivity index (χ4v) is 2.80. The normalized spacial score (nSPS) is 19.1. The first-order chi connectivity index (χ1) is 9.47. The standard InChI is InChI=1S/C14H21N3O3/c1-4-10-7-5-6-8-17(10)13(19)11-9-15(2)14(20)16(3)12(11)18/h9-10H,4-8H2,1-3H3. The number of carbonyl (C=O) groups is 1. The van der Waals surface area contributed by atoms with E-state index in [0.717, 1.165) is 30.3 Å². The van der Waals surface area contributed by atoms with Crippen molar-refractivity contribution in [1.29, 1.82) is 0 Å². The largest absolute Gasteiger partial charge is 0.335 e.